The fourth-order valence-corrected chi connectivity index (χ4v) is 3.82. The van der Waals surface area contributed by atoms with Crippen LogP contribution in [0, 0.1) is 0 Å². The number of benzene rings is 3. The Bertz CT molecular complexity index is 1540. The fourth-order valence-electron chi connectivity index (χ4n) is 3.82. The number of pyridine rings is 1. The maximum Gasteiger partial charge on any atom is 0.262 e. The number of rotatable bonds is 6. The Morgan fingerprint density at radius 3 is 2.26 bits per heavy atom. The molecule has 8 nitrogen and oxygen atoms in total. The Kier molecular flexibility index (Phi) is 5.47. The highest BCUT2D eigenvalue weighted by atomic mass is 16.5. The highest BCUT2D eigenvalue weighted by Gasteiger charge is 2.18. The molecule has 5 rings (SSSR count). The summed E-state index contributed by atoms with van der Waals surface area (Å²) in [5, 5.41) is 5.43. The van der Waals surface area contributed by atoms with Gasteiger partial charge >= 0.3 is 0 Å². The van der Waals surface area contributed by atoms with Crippen LogP contribution in [0.25, 0.3) is 39.3 Å². The zero-order chi connectivity index (χ0) is 23.7. The molecule has 0 radical (unpaired) electrons. The van der Waals surface area contributed by atoms with Gasteiger partial charge in [-0.05, 0) is 48.5 Å². The minimum Gasteiger partial charge on any atom is -0.497 e. The molecule has 0 aliphatic heterocycles. The molecule has 0 spiro atoms. The summed E-state index contributed by atoms with van der Waals surface area (Å²) in [7, 11) is 4.74. The standard InChI is InChI=1S/C26H21N3O5/c1-31-18-11-9-17(10-12-18)29-15-21(19-6-4-5-7-20(19)26(29)30)25-27-24(28-34-25)16-8-13-22(32-2)23(14-16)33-3/h4-15H,1-3H3. The Hall–Kier alpha value is -4.59. The van der Waals surface area contributed by atoms with Gasteiger partial charge in [0.1, 0.15) is 5.75 Å². The third-order valence-electron chi connectivity index (χ3n) is 5.57. The van der Waals surface area contributed by atoms with Crippen molar-refractivity contribution in [2.45, 2.75) is 0 Å². The van der Waals surface area contributed by atoms with Crippen molar-refractivity contribution in [3.63, 3.8) is 0 Å². The van der Waals surface area contributed by atoms with Gasteiger partial charge in [0, 0.05) is 28.2 Å². The van der Waals surface area contributed by atoms with Gasteiger partial charge in [0.2, 0.25) is 5.82 Å². The Labute approximate surface area is 194 Å². The van der Waals surface area contributed by atoms with Crippen LogP contribution in [0.4, 0.5) is 0 Å². The maximum atomic E-state index is 13.3. The zero-order valence-corrected chi connectivity index (χ0v) is 18.8. The maximum absolute atomic E-state index is 13.3. The molecule has 2 aromatic heterocycles. The highest BCUT2D eigenvalue weighted by Crippen LogP contribution is 2.33. The molecule has 0 aliphatic carbocycles. The van der Waals surface area contributed by atoms with E-state index in [9.17, 15) is 4.79 Å². The molecule has 0 unspecified atom stereocenters. The summed E-state index contributed by atoms with van der Waals surface area (Å²) < 4.78 is 23.1. The van der Waals surface area contributed by atoms with Crippen molar-refractivity contribution in [2.24, 2.45) is 0 Å². The Morgan fingerprint density at radius 2 is 1.56 bits per heavy atom. The van der Waals surface area contributed by atoms with Crippen molar-refractivity contribution in [1.82, 2.24) is 14.7 Å². The first-order valence-electron chi connectivity index (χ1n) is 10.5. The number of fused-ring (bicyclic) bond motifs is 1. The van der Waals surface area contributed by atoms with E-state index in [4.69, 9.17) is 18.7 Å². The van der Waals surface area contributed by atoms with E-state index in [0.29, 0.717) is 51.2 Å². The summed E-state index contributed by atoms with van der Waals surface area (Å²) in [5.41, 5.74) is 1.90. The zero-order valence-electron chi connectivity index (χ0n) is 18.8. The van der Waals surface area contributed by atoms with Crippen molar-refractivity contribution >= 4 is 10.8 Å². The molecule has 3 aromatic carbocycles. The van der Waals surface area contributed by atoms with Crippen molar-refractivity contribution in [3.05, 3.63) is 83.3 Å². The van der Waals surface area contributed by atoms with E-state index in [2.05, 4.69) is 10.1 Å². The van der Waals surface area contributed by atoms with Crippen LogP contribution in [-0.4, -0.2) is 36.0 Å². The fraction of sp³-hybridized carbons (Fsp3) is 0.115. The van der Waals surface area contributed by atoms with Crippen LogP contribution in [0.3, 0.4) is 0 Å². The molecule has 0 bridgehead atoms. The van der Waals surface area contributed by atoms with Crippen LogP contribution in [0.2, 0.25) is 0 Å². The van der Waals surface area contributed by atoms with E-state index in [1.165, 1.54) is 0 Å². The minimum absolute atomic E-state index is 0.149. The second-order valence-electron chi connectivity index (χ2n) is 7.45. The molecule has 8 heteroatoms. The van der Waals surface area contributed by atoms with Gasteiger partial charge in [0.15, 0.2) is 11.5 Å². The molecular formula is C26H21N3O5. The van der Waals surface area contributed by atoms with Crippen LogP contribution in [0.15, 0.2) is 82.2 Å². The predicted molar refractivity (Wildman–Crippen MR) is 128 cm³/mol. The summed E-state index contributed by atoms with van der Waals surface area (Å²) in [6, 6.07) is 20.0. The molecule has 0 atom stereocenters. The van der Waals surface area contributed by atoms with Gasteiger partial charge in [-0.3, -0.25) is 9.36 Å². The third kappa shape index (κ3) is 3.65. The Morgan fingerprint density at radius 1 is 0.824 bits per heavy atom. The van der Waals surface area contributed by atoms with Gasteiger partial charge in [0.05, 0.1) is 26.9 Å². The van der Waals surface area contributed by atoms with Gasteiger partial charge in [-0.25, -0.2) is 0 Å². The highest BCUT2D eigenvalue weighted by molar-refractivity contribution is 5.94. The summed E-state index contributed by atoms with van der Waals surface area (Å²) in [6.07, 6.45) is 1.72. The number of hydrogen-bond acceptors (Lipinski definition) is 7. The number of nitrogens with zero attached hydrogens (tertiary/aromatic N) is 3. The van der Waals surface area contributed by atoms with Gasteiger partial charge in [-0.2, -0.15) is 4.98 Å². The van der Waals surface area contributed by atoms with Gasteiger partial charge in [-0.15, -0.1) is 0 Å². The number of ether oxygens (including phenoxy) is 3. The number of methoxy groups -OCH3 is 3. The number of hydrogen-bond donors (Lipinski definition) is 0. The molecule has 0 amide bonds. The number of aromatic nitrogens is 3. The molecule has 2 heterocycles. The second kappa shape index (κ2) is 8.74. The molecule has 34 heavy (non-hydrogen) atoms. The van der Waals surface area contributed by atoms with E-state index in [0.717, 1.165) is 5.39 Å². The van der Waals surface area contributed by atoms with Gasteiger partial charge in [-0.1, -0.05) is 23.4 Å². The average molecular weight is 455 g/mol. The first-order chi connectivity index (χ1) is 16.6. The summed E-state index contributed by atoms with van der Waals surface area (Å²) >= 11 is 0. The molecule has 0 saturated heterocycles. The van der Waals surface area contributed by atoms with E-state index in [1.54, 1.807) is 62.4 Å². The largest absolute Gasteiger partial charge is 0.497 e. The topological polar surface area (TPSA) is 88.6 Å². The van der Waals surface area contributed by atoms with E-state index in [1.807, 2.05) is 36.4 Å². The summed E-state index contributed by atoms with van der Waals surface area (Å²) in [6.45, 7) is 0. The predicted octanol–water partition coefficient (Wildman–Crippen LogP) is 4.73. The van der Waals surface area contributed by atoms with Crippen molar-refractivity contribution in [3.8, 4) is 45.8 Å². The monoisotopic (exact) mass is 455 g/mol. The third-order valence-corrected chi connectivity index (χ3v) is 5.57. The average Bonchev–Trinajstić information content (AvgIpc) is 3.39. The van der Waals surface area contributed by atoms with Crippen molar-refractivity contribution in [2.75, 3.05) is 21.3 Å². The normalized spacial score (nSPS) is 10.9. The van der Waals surface area contributed by atoms with Crippen LogP contribution in [-0.2, 0) is 0 Å². The molecule has 0 aliphatic rings. The lowest BCUT2D eigenvalue weighted by molar-refractivity contribution is 0.355. The van der Waals surface area contributed by atoms with Crippen LogP contribution < -0.4 is 19.8 Å². The second-order valence-corrected chi connectivity index (χ2v) is 7.45. The first-order valence-corrected chi connectivity index (χ1v) is 10.5. The Balaban J connectivity index is 1.65. The lowest BCUT2D eigenvalue weighted by atomic mass is 10.1. The van der Waals surface area contributed by atoms with E-state index < -0.39 is 0 Å². The lowest BCUT2D eigenvalue weighted by Crippen LogP contribution is -2.18. The van der Waals surface area contributed by atoms with E-state index in [-0.39, 0.29) is 5.56 Å². The van der Waals surface area contributed by atoms with Crippen molar-refractivity contribution < 1.29 is 18.7 Å². The van der Waals surface area contributed by atoms with Crippen molar-refractivity contribution in [1.29, 1.82) is 0 Å². The smallest absolute Gasteiger partial charge is 0.262 e. The molecule has 170 valence electrons. The molecule has 0 saturated carbocycles. The van der Waals surface area contributed by atoms with Gasteiger partial charge in [0.25, 0.3) is 11.4 Å². The SMILES string of the molecule is COc1ccc(-n2cc(-c3nc(-c4ccc(OC)c(OC)c4)no3)c3ccccc3c2=O)cc1. The molecular weight excluding hydrogens is 434 g/mol. The quantitative estimate of drug-likeness (QED) is 0.366. The van der Waals surface area contributed by atoms with Crippen LogP contribution in [0.1, 0.15) is 0 Å². The minimum atomic E-state index is -0.149. The molecule has 0 fully saturated rings. The molecule has 5 aromatic rings. The van der Waals surface area contributed by atoms with E-state index >= 15 is 0 Å². The summed E-state index contributed by atoms with van der Waals surface area (Å²) in [5.74, 6) is 2.55. The summed E-state index contributed by atoms with van der Waals surface area (Å²) in [4.78, 5) is 17.9. The van der Waals surface area contributed by atoms with Crippen LogP contribution >= 0.6 is 0 Å². The lowest BCUT2D eigenvalue weighted by Gasteiger charge is -2.11. The van der Waals surface area contributed by atoms with Gasteiger partial charge < -0.3 is 18.7 Å². The van der Waals surface area contributed by atoms with Crippen LogP contribution in [0.5, 0.6) is 17.2 Å². The molecule has 0 N–H and O–H groups in total. The first kappa shape index (κ1) is 21.3.